The molecule has 2 aromatic heterocycles. The van der Waals surface area contributed by atoms with Crippen molar-refractivity contribution >= 4 is 24.0 Å². The second-order valence-corrected chi connectivity index (χ2v) is 15.7. The van der Waals surface area contributed by atoms with Crippen LogP contribution in [0.3, 0.4) is 0 Å². The number of alkyl carbamates (subject to hydrolysis) is 2. The van der Waals surface area contributed by atoms with E-state index in [1.807, 2.05) is 70.5 Å². The second kappa shape index (κ2) is 19.0. The largest absolute Gasteiger partial charge is 0.453 e. The average molecular weight is 835 g/mol. The van der Waals surface area contributed by atoms with Crippen molar-refractivity contribution in [3.05, 3.63) is 144 Å². The Labute approximate surface area is 360 Å². The quantitative estimate of drug-likeness (QED) is 0.0932. The molecule has 2 saturated heterocycles. The van der Waals surface area contributed by atoms with Crippen LogP contribution in [0.4, 0.5) is 9.59 Å². The molecule has 62 heavy (non-hydrogen) atoms. The predicted octanol–water partition coefficient (Wildman–Crippen LogP) is 7.40. The van der Waals surface area contributed by atoms with Crippen LogP contribution < -0.4 is 10.6 Å². The highest BCUT2D eigenvalue weighted by Crippen LogP contribution is 2.35. The summed E-state index contributed by atoms with van der Waals surface area (Å²) in [4.78, 5) is 72.3. The molecule has 2 fully saturated rings. The van der Waals surface area contributed by atoms with Gasteiger partial charge in [-0.1, -0.05) is 109 Å². The number of benzene rings is 4. The van der Waals surface area contributed by atoms with E-state index in [1.54, 1.807) is 12.4 Å². The molecule has 2 aliphatic heterocycles. The number of nitrogens with zero attached hydrogens (tertiary/aromatic N) is 4. The fraction of sp³-hybridized carbons (Fsp3) is 0.292. The van der Waals surface area contributed by atoms with Crippen LogP contribution in [0.5, 0.6) is 0 Å². The van der Waals surface area contributed by atoms with Gasteiger partial charge in [0.05, 0.1) is 50.1 Å². The Kier molecular flexibility index (Phi) is 12.7. The normalized spacial score (nSPS) is 17.0. The Bertz CT molecular complexity index is 2300. The fourth-order valence-electron chi connectivity index (χ4n) is 8.52. The van der Waals surface area contributed by atoms with Crippen LogP contribution in [-0.4, -0.2) is 93.1 Å². The third-order valence-corrected chi connectivity index (χ3v) is 11.7. The Hall–Kier alpha value is -7.22. The van der Waals surface area contributed by atoms with Crippen molar-refractivity contribution in [3.63, 3.8) is 0 Å². The molecule has 4 aromatic carbocycles. The van der Waals surface area contributed by atoms with Crippen LogP contribution in [-0.2, 0) is 31.9 Å². The first kappa shape index (κ1) is 41.5. The molecule has 14 nitrogen and oxygen atoms in total. The van der Waals surface area contributed by atoms with Gasteiger partial charge >= 0.3 is 12.2 Å². The molecule has 4 N–H and O–H groups in total. The number of amides is 4. The monoisotopic (exact) mass is 834 g/mol. The molecule has 4 amide bonds. The number of carbonyl (C=O) groups is 4. The summed E-state index contributed by atoms with van der Waals surface area (Å²) in [6.07, 6.45) is 6.17. The molecule has 318 valence electrons. The summed E-state index contributed by atoms with van der Waals surface area (Å²) in [6.45, 7) is 1.13. The lowest BCUT2D eigenvalue weighted by Crippen LogP contribution is -2.49. The lowest BCUT2D eigenvalue weighted by molar-refractivity contribution is -0.135. The van der Waals surface area contributed by atoms with Crippen LogP contribution in [0.25, 0.3) is 33.6 Å². The molecule has 4 atom stereocenters. The number of carbonyl (C=O) groups excluding carboxylic acids is 4. The number of imidazole rings is 2. The van der Waals surface area contributed by atoms with Crippen LogP contribution in [0.15, 0.2) is 122 Å². The number of nitrogens with one attached hydrogen (secondary N) is 4. The minimum absolute atomic E-state index is 0.172. The molecule has 4 heterocycles. The Morgan fingerprint density at radius 2 is 0.952 bits per heavy atom. The van der Waals surface area contributed by atoms with Crippen LogP contribution in [0, 0.1) is 0 Å². The topological polar surface area (TPSA) is 175 Å². The van der Waals surface area contributed by atoms with Gasteiger partial charge in [0, 0.05) is 25.9 Å². The number of hydrogen-bond acceptors (Lipinski definition) is 8. The SMILES string of the molecule is COC(=O)NC(Cc1ccccc1)C(=O)N1CCC[C@H]1c1ncc(-c2ccc(-c3ccc(-c4cnc([C@@H]5CCCN5C(=O)[C@H](Cc5ccccc5)NC(=O)OC)[nH]4)cc3)cc2)[nH]1. The van der Waals surface area contributed by atoms with E-state index in [1.165, 1.54) is 14.2 Å². The summed E-state index contributed by atoms with van der Waals surface area (Å²) >= 11 is 0. The molecule has 14 heteroatoms. The van der Waals surface area contributed by atoms with E-state index in [0.29, 0.717) is 37.6 Å². The maximum absolute atomic E-state index is 13.9. The lowest BCUT2D eigenvalue weighted by atomic mass is 10.0. The molecule has 0 radical (unpaired) electrons. The minimum Gasteiger partial charge on any atom is -0.453 e. The smallest absolute Gasteiger partial charge is 0.407 e. The van der Waals surface area contributed by atoms with Gasteiger partial charge in [0.1, 0.15) is 23.7 Å². The van der Waals surface area contributed by atoms with Crippen molar-refractivity contribution in [3.8, 4) is 33.6 Å². The third kappa shape index (κ3) is 9.39. The Morgan fingerprint density at radius 1 is 0.581 bits per heavy atom. The first-order valence-electron chi connectivity index (χ1n) is 21.0. The highest BCUT2D eigenvalue weighted by molar-refractivity contribution is 5.87. The highest BCUT2D eigenvalue weighted by atomic mass is 16.5. The zero-order valence-electron chi connectivity index (χ0n) is 34.8. The number of hydrogen-bond donors (Lipinski definition) is 4. The zero-order valence-corrected chi connectivity index (χ0v) is 34.8. The summed E-state index contributed by atoms with van der Waals surface area (Å²) in [6, 6.07) is 33.7. The van der Waals surface area contributed by atoms with E-state index >= 15 is 0 Å². The predicted molar refractivity (Wildman–Crippen MR) is 233 cm³/mol. The number of aromatic nitrogens is 4. The summed E-state index contributed by atoms with van der Waals surface area (Å²) in [7, 11) is 2.58. The van der Waals surface area contributed by atoms with E-state index in [9.17, 15) is 19.2 Å². The van der Waals surface area contributed by atoms with Crippen molar-refractivity contribution in [2.75, 3.05) is 27.3 Å². The molecular weight excluding hydrogens is 785 g/mol. The number of aromatic amines is 2. The first-order valence-corrected chi connectivity index (χ1v) is 21.0. The first-order chi connectivity index (χ1) is 30.3. The number of H-pyrrole nitrogens is 2. The van der Waals surface area contributed by atoms with Crippen molar-refractivity contribution < 1.29 is 28.7 Å². The Morgan fingerprint density at radius 3 is 1.32 bits per heavy atom. The van der Waals surface area contributed by atoms with Crippen molar-refractivity contribution in [2.24, 2.45) is 0 Å². The summed E-state index contributed by atoms with van der Waals surface area (Å²) in [5.41, 5.74) is 7.59. The van der Waals surface area contributed by atoms with Crippen molar-refractivity contribution in [1.82, 2.24) is 40.4 Å². The summed E-state index contributed by atoms with van der Waals surface area (Å²) < 4.78 is 9.69. The molecule has 6 aromatic rings. The lowest BCUT2D eigenvalue weighted by Gasteiger charge is -2.28. The maximum atomic E-state index is 13.9. The molecule has 0 bridgehead atoms. The number of ether oxygens (including phenoxy) is 2. The van der Waals surface area contributed by atoms with Crippen LogP contribution in [0.1, 0.15) is 60.5 Å². The average Bonchev–Trinajstić information content (AvgIpc) is 4.16. The minimum atomic E-state index is -0.776. The highest BCUT2D eigenvalue weighted by Gasteiger charge is 2.38. The van der Waals surface area contributed by atoms with E-state index < -0.39 is 24.3 Å². The van der Waals surface area contributed by atoms with Crippen LogP contribution in [0.2, 0.25) is 0 Å². The third-order valence-electron chi connectivity index (χ3n) is 11.7. The van der Waals surface area contributed by atoms with E-state index in [4.69, 9.17) is 19.4 Å². The number of rotatable bonds is 13. The van der Waals surface area contributed by atoms with Gasteiger partial charge in [-0.25, -0.2) is 19.6 Å². The van der Waals surface area contributed by atoms with Gasteiger partial charge < -0.3 is 39.9 Å². The second-order valence-electron chi connectivity index (χ2n) is 15.7. The van der Waals surface area contributed by atoms with Gasteiger partial charge in [0.25, 0.3) is 0 Å². The van der Waals surface area contributed by atoms with Gasteiger partial charge in [-0.15, -0.1) is 0 Å². The molecule has 0 spiro atoms. The molecule has 8 rings (SSSR count). The zero-order chi connectivity index (χ0) is 43.0. The molecule has 0 saturated carbocycles. The van der Waals surface area contributed by atoms with Gasteiger partial charge in [0.15, 0.2) is 0 Å². The molecule has 1 unspecified atom stereocenters. The van der Waals surface area contributed by atoms with Gasteiger partial charge in [-0.2, -0.15) is 0 Å². The maximum Gasteiger partial charge on any atom is 0.407 e. The van der Waals surface area contributed by atoms with Crippen LogP contribution >= 0.6 is 0 Å². The number of likely N-dealkylation sites (tertiary alicyclic amines) is 2. The fourth-order valence-corrected chi connectivity index (χ4v) is 8.52. The van der Waals surface area contributed by atoms with Crippen molar-refractivity contribution in [1.29, 1.82) is 0 Å². The Balaban J connectivity index is 0.913. The van der Waals surface area contributed by atoms with E-state index in [2.05, 4.69) is 69.1 Å². The van der Waals surface area contributed by atoms with Gasteiger partial charge in [0.2, 0.25) is 11.8 Å². The summed E-state index contributed by atoms with van der Waals surface area (Å²) in [5.74, 6) is 1.07. The summed E-state index contributed by atoms with van der Waals surface area (Å²) in [5, 5.41) is 5.49. The molecule has 0 aliphatic carbocycles. The molecular formula is C48H50N8O6. The van der Waals surface area contributed by atoms with Crippen molar-refractivity contribution in [2.45, 2.75) is 62.7 Å². The van der Waals surface area contributed by atoms with E-state index in [-0.39, 0.29) is 23.9 Å². The number of methoxy groups -OCH3 is 2. The van der Waals surface area contributed by atoms with E-state index in [0.717, 1.165) is 70.5 Å². The van der Waals surface area contributed by atoms with Gasteiger partial charge in [-0.05, 0) is 59.1 Å². The molecule has 2 aliphatic rings. The standard InChI is InChI=1S/C48H50N8O6/c1-61-47(59)53-37(27-31-11-5-3-6-12-31)45(57)55-25-9-15-41(55)43-49-29-39(51-43)35-21-17-33(18-22-35)34-19-23-36(24-20-34)40-30-50-44(52-40)42-16-10-26-56(42)46(58)38(54-48(60)62-2)28-32-13-7-4-8-14-32/h3-8,11-14,17-24,29-30,37-38,41-42H,9-10,15-16,25-28H2,1-2H3,(H,49,51)(H,50,52)(H,53,59)(H,54,60)/t37-,38?,41-,42-/m0/s1. The van der Waals surface area contributed by atoms with Gasteiger partial charge in [-0.3, -0.25) is 9.59 Å².